The Labute approximate surface area is 181 Å². The Bertz CT molecular complexity index is 1090. The Hall–Kier alpha value is -2.22. The second kappa shape index (κ2) is 6.64. The molecule has 0 unspecified atom stereocenters. The molecule has 2 aromatic rings. The van der Waals surface area contributed by atoms with Gasteiger partial charge in [-0.25, -0.2) is 9.37 Å². The summed E-state index contributed by atoms with van der Waals surface area (Å²) in [6.45, 7) is 0. The molecule has 3 aliphatic rings. The Balaban J connectivity index is 1.86. The number of amides is 1. The van der Waals surface area contributed by atoms with Crippen LogP contribution in [0.1, 0.15) is 42.7 Å². The topological polar surface area (TPSA) is 91.3 Å². The van der Waals surface area contributed by atoms with Crippen molar-refractivity contribution >= 4 is 40.8 Å². The Morgan fingerprint density at radius 1 is 1.23 bits per heavy atom. The predicted molar refractivity (Wildman–Crippen MR) is 109 cm³/mol. The van der Waals surface area contributed by atoms with Crippen LogP contribution >= 0.6 is 23.2 Å². The van der Waals surface area contributed by atoms with Gasteiger partial charge in [0.2, 0.25) is 5.91 Å². The zero-order chi connectivity index (χ0) is 21.3. The van der Waals surface area contributed by atoms with Crippen molar-refractivity contribution in [1.29, 1.82) is 0 Å². The molecule has 0 bridgehead atoms. The third-order valence-corrected chi connectivity index (χ3v) is 7.43. The van der Waals surface area contributed by atoms with Crippen molar-refractivity contribution < 1.29 is 19.1 Å². The van der Waals surface area contributed by atoms with E-state index in [1.54, 1.807) is 18.2 Å². The van der Waals surface area contributed by atoms with Crippen molar-refractivity contribution in [2.75, 3.05) is 5.32 Å². The fourth-order valence-electron chi connectivity index (χ4n) is 5.94. The van der Waals surface area contributed by atoms with E-state index in [0.29, 0.717) is 29.1 Å². The quantitative estimate of drug-likeness (QED) is 0.605. The molecule has 3 atom stereocenters. The summed E-state index contributed by atoms with van der Waals surface area (Å²) in [5, 5.41) is 16.3. The van der Waals surface area contributed by atoms with Gasteiger partial charge in [-0.1, -0.05) is 42.1 Å². The van der Waals surface area contributed by atoms with Crippen molar-refractivity contribution in [3.63, 3.8) is 0 Å². The molecule has 3 heterocycles. The molecule has 1 aromatic carbocycles. The van der Waals surface area contributed by atoms with Crippen molar-refractivity contribution in [3.05, 3.63) is 57.6 Å². The molecule has 2 aliphatic heterocycles. The second-order valence-electron chi connectivity index (χ2n) is 8.18. The molecular weight excluding hydrogens is 432 g/mol. The van der Waals surface area contributed by atoms with Crippen LogP contribution in [0.4, 0.5) is 10.1 Å². The molecule has 6 nitrogen and oxygen atoms in total. The van der Waals surface area contributed by atoms with Crippen LogP contribution in [-0.4, -0.2) is 33.5 Å². The van der Waals surface area contributed by atoms with Gasteiger partial charge in [-0.05, 0) is 42.2 Å². The predicted octanol–water partition coefficient (Wildman–Crippen LogP) is 3.87. The molecule has 0 radical (unpaired) electrons. The molecule has 30 heavy (non-hydrogen) atoms. The van der Waals surface area contributed by atoms with E-state index >= 15 is 4.39 Å². The number of aromatic nitrogens is 1. The zero-order valence-corrected chi connectivity index (χ0v) is 17.2. The van der Waals surface area contributed by atoms with E-state index in [0.717, 1.165) is 12.8 Å². The lowest BCUT2D eigenvalue weighted by molar-refractivity contribution is -0.139. The second-order valence-corrected chi connectivity index (χ2v) is 8.98. The number of benzene rings is 1. The van der Waals surface area contributed by atoms with Crippen LogP contribution < -0.4 is 10.6 Å². The maximum absolute atomic E-state index is 15.2. The van der Waals surface area contributed by atoms with Gasteiger partial charge in [-0.3, -0.25) is 14.9 Å². The van der Waals surface area contributed by atoms with Crippen LogP contribution in [0, 0.1) is 5.82 Å². The van der Waals surface area contributed by atoms with Gasteiger partial charge in [0.25, 0.3) is 0 Å². The summed E-state index contributed by atoms with van der Waals surface area (Å²) >= 11 is 12.1. The molecule has 156 valence electrons. The summed E-state index contributed by atoms with van der Waals surface area (Å²) in [5.41, 5.74) is -0.925. The van der Waals surface area contributed by atoms with E-state index < -0.39 is 34.7 Å². The third kappa shape index (κ3) is 2.37. The summed E-state index contributed by atoms with van der Waals surface area (Å²) in [6, 6.07) is 5.30. The third-order valence-electron chi connectivity index (χ3n) is 6.93. The first kappa shape index (κ1) is 19.7. The number of hydrogen-bond acceptors (Lipinski definition) is 4. The highest BCUT2D eigenvalue weighted by molar-refractivity contribution is 6.31. The van der Waals surface area contributed by atoms with Crippen LogP contribution in [0.5, 0.6) is 0 Å². The Morgan fingerprint density at radius 3 is 2.67 bits per heavy atom. The fourth-order valence-corrected chi connectivity index (χ4v) is 6.28. The van der Waals surface area contributed by atoms with E-state index in [9.17, 15) is 14.7 Å². The van der Waals surface area contributed by atoms with Crippen molar-refractivity contribution in [2.45, 2.75) is 48.6 Å². The van der Waals surface area contributed by atoms with E-state index in [4.69, 9.17) is 23.2 Å². The fraction of sp³-hybridized carbons (Fsp3) is 0.381. The lowest BCUT2D eigenvalue weighted by Crippen LogP contribution is -2.57. The SMILES string of the molecule is O=C(O)[C@@H]1NC2(CCCC2)[C@@]2(C(=O)Nc3cc(Cl)ccc32)[C@H]1c1ccnc(Cl)c1F. The molecule has 2 spiro atoms. The highest BCUT2D eigenvalue weighted by Gasteiger charge is 2.73. The number of rotatable bonds is 2. The summed E-state index contributed by atoms with van der Waals surface area (Å²) in [5.74, 6) is -3.32. The minimum atomic E-state index is -1.32. The van der Waals surface area contributed by atoms with Gasteiger partial charge < -0.3 is 10.4 Å². The number of pyridine rings is 1. The number of nitrogens with zero attached hydrogens (tertiary/aromatic N) is 1. The maximum atomic E-state index is 15.2. The number of nitrogens with one attached hydrogen (secondary N) is 2. The Kier molecular flexibility index (Phi) is 4.36. The summed E-state index contributed by atoms with van der Waals surface area (Å²) in [7, 11) is 0. The van der Waals surface area contributed by atoms with Gasteiger partial charge in [-0.15, -0.1) is 0 Å². The van der Waals surface area contributed by atoms with E-state index in [-0.39, 0.29) is 16.6 Å². The van der Waals surface area contributed by atoms with Crippen LogP contribution in [-0.2, 0) is 15.0 Å². The highest BCUT2D eigenvalue weighted by atomic mass is 35.5. The smallest absolute Gasteiger partial charge is 0.321 e. The average molecular weight is 450 g/mol. The molecule has 3 N–H and O–H groups in total. The number of carbonyl (C=O) groups excluding carboxylic acids is 1. The molecule has 1 aliphatic carbocycles. The maximum Gasteiger partial charge on any atom is 0.321 e. The monoisotopic (exact) mass is 449 g/mol. The molecule has 1 amide bonds. The summed E-state index contributed by atoms with van der Waals surface area (Å²) in [4.78, 5) is 29.8. The minimum absolute atomic E-state index is 0.0663. The first-order valence-electron chi connectivity index (χ1n) is 9.74. The first-order chi connectivity index (χ1) is 14.3. The minimum Gasteiger partial charge on any atom is -0.480 e. The van der Waals surface area contributed by atoms with Gasteiger partial charge in [0.05, 0.1) is 0 Å². The van der Waals surface area contributed by atoms with Gasteiger partial charge in [-0.2, -0.15) is 0 Å². The van der Waals surface area contributed by atoms with Crippen molar-refractivity contribution in [3.8, 4) is 0 Å². The van der Waals surface area contributed by atoms with Crippen LogP contribution in [0.3, 0.4) is 0 Å². The number of halogens is 3. The first-order valence-corrected chi connectivity index (χ1v) is 10.5. The number of carbonyl (C=O) groups is 2. The summed E-state index contributed by atoms with van der Waals surface area (Å²) in [6.07, 6.45) is 4.21. The molecule has 5 rings (SSSR count). The van der Waals surface area contributed by atoms with Gasteiger partial charge in [0.15, 0.2) is 11.0 Å². The van der Waals surface area contributed by atoms with Crippen molar-refractivity contribution in [2.24, 2.45) is 0 Å². The zero-order valence-electron chi connectivity index (χ0n) is 15.7. The Morgan fingerprint density at radius 2 is 1.97 bits per heavy atom. The molecule has 1 aromatic heterocycles. The van der Waals surface area contributed by atoms with Gasteiger partial charge in [0.1, 0.15) is 11.5 Å². The largest absolute Gasteiger partial charge is 0.480 e. The molecule has 2 fully saturated rings. The van der Waals surface area contributed by atoms with Crippen LogP contribution in [0.25, 0.3) is 0 Å². The number of hydrogen-bond donors (Lipinski definition) is 3. The number of carboxylic acid groups (broad SMARTS) is 1. The number of fused-ring (bicyclic) bond motifs is 3. The number of anilines is 1. The van der Waals surface area contributed by atoms with Gasteiger partial charge >= 0.3 is 5.97 Å². The van der Waals surface area contributed by atoms with Crippen LogP contribution in [0.15, 0.2) is 30.5 Å². The summed E-state index contributed by atoms with van der Waals surface area (Å²) < 4.78 is 15.2. The van der Waals surface area contributed by atoms with Crippen LogP contribution in [0.2, 0.25) is 10.2 Å². The van der Waals surface area contributed by atoms with E-state index in [1.807, 2.05) is 0 Å². The lowest BCUT2D eigenvalue weighted by atomic mass is 9.58. The molecular formula is C21H18Cl2FN3O3. The number of aliphatic carboxylic acids is 1. The van der Waals surface area contributed by atoms with E-state index in [2.05, 4.69) is 15.6 Å². The molecule has 1 saturated carbocycles. The standard InChI is InChI=1S/C21H18Cl2FN3O3/c22-10-3-4-12-13(9-10)26-19(30)21(12)14(11-5-8-25-17(23)15(11)24)16(18(28)29)27-20(21)6-1-2-7-20/h3-5,8-9,14,16,27H,1-2,6-7H2,(H,26,30)(H,28,29)/t14-,16+,21+/m0/s1. The average Bonchev–Trinajstić information content (AvgIpc) is 3.36. The van der Waals surface area contributed by atoms with Crippen molar-refractivity contribution in [1.82, 2.24) is 10.3 Å². The van der Waals surface area contributed by atoms with Gasteiger partial charge in [0, 0.05) is 28.4 Å². The highest BCUT2D eigenvalue weighted by Crippen LogP contribution is 2.63. The molecule has 9 heteroatoms. The molecule has 1 saturated heterocycles. The van der Waals surface area contributed by atoms with E-state index in [1.165, 1.54) is 12.3 Å². The lowest BCUT2D eigenvalue weighted by Gasteiger charge is -2.42. The normalized spacial score (nSPS) is 28.8. The number of carboxylic acids is 1.